The van der Waals surface area contributed by atoms with Crippen molar-refractivity contribution in [1.29, 1.82) is 0 Å². The van der Waals surface area contributed by atoms with E-state index in [0.717, 1.165) is 43.9 Å². The van der Waals surface area contributed by atoms with Gasteiger partial charge >= 0.3 is 0 Å². The molecule has 0 bridgehead atoms. The third-order valence-corrected chi connectivity index (χ3v) is 2.92. The summed E-state index contributed by atoms with van der Waals surface area (Å²) >= 11 is 0. The zero-order valence-corrected chi connectivity index (χ0v) is 9.38. The Labute approximate surface area is 95.4 Å². The van der Waals surface area contributed by atoms with Crippen LogP contribution in [0.15, 0.2) is 18.2 Å². The van der Waals surface area contributed by atoms with Crippen molar-refractivity contribution in [2.24, 2.45) is 5.73 Å². The van der Waals surface area contributed by atoms with Crippen molar-refractivity contribution in [3.63, 3.8) is 0 Å². The maximum atomic E-state index is 13.9. The lowest BCUT2D eigenvalue weighted by Gasteiger charge is -2.31. The average molecular weight is 223 g/mol. The zero-order chi connectivity index (χ0) is 11.4. The highest BCUT2D eigenvalue weighted by molar-refractivity contribution is 5.55. The van der Waals surface area contributed by atoms with Gasteiger partial charge < -0.3 is 16.0 Å². The summed E-state index contributed by atoms with van der Waals surface area (Å²) in [6.45, 7) is 4.10. The van der Waals surface area contributed by atoms with Gasteiger partial charge in [0.05, 0.1) is 5.69 Å². The van der Waals surface area contributed by atoms with Crippen LogP contribution >= 0.6 is 0 Å². The summed E-state index contributed by atoms with van der Waals surface area (Å²) < 4.78 is 13.9. The Kier molecular flexibility index (Phi) is 3.74. The zero-order valence-electron chi connectivity index (χ0n) is 9.38. The second-order valence-corrected chi connectivity index (χ2v) is 4.02. The van der Waals surface area contributed by atoms with Crippen LogP contribution in [0.5, 0.6) is 0 Å². The fourth-order valence-corrected chi connectivity index (χ4v) is 2.16. The Hall–Kier alpha value is -1.13. The van der Waals surface area contributed by atoms with Crippen LogP contribution in [0.25, 0.3) is 0 Å². The average Bonchev–Trinajstić information content (AvgIpc) is 2.31. The quantitative estimate of drug-likeness (QED) is 0.794. The molecule has 1 aliphatic heterocycles. The van der Waals surface area contributed by atoms with Gasteiger partial charge in [0.2, 0.25) is 0 Å². The molecule has 1 heterocycles. The molecule has 16 heavy (non-hydrogen) atoms. The van der Waals surface area contributed by atoms with E-state index in [4.69, 9.17) is 5.73 Å². The molecule has 0 spiro atoms. The third-order valence-electron chi connectivity index (χ3n) is 2.92. The third kappa shape index (κ3) is 2.33. The highest BCUT2D eigenvalue weighted by atomic mass is 19.1. The lowest BCUT2D eigenvalue weighted by atomic mass is 10.1. The minimum atomic E-state index is -0.132. The summed E-state index contributed by atoms with van der Waals surface area (Å²) in [6.07, 6.45) is 0.733. The van der Waals surface area contributed by atoms with Crippen LogP contribution in [0.4, 0.5) is 10.1 Å². The smallest absolute Gasteiger partial charge is 0.146 e. The SMILES string of the molecule is NCCc1cccc(F)c1N1CCNCC1. The number of benzene rings is 1. The van der Waals surface area contributed by atoms with E-state index in [1.165, 1.54) is 6.07 Å². The number of anilines is 1. The molecule has 0 saturated carbocycles. The molecule has 0 aliphatic carbocycles. The topological polar surface area (TPSA) is 41.3 Å². The molecule has 3 N–H and O–H groups in total. The second kappa shape index (κ2) is 5.27. The molecule has 1 aromatic carbocycles. The van der Waals surface area contributed by atoms with Gasteiger partial charge in [-0.15, -0.1) is 0 Å². The summed E-state index contributed by atoms with van der Waals surface area (Å²) in [5, 5.41) is 3.27. The van der Waals surface area contributed by atoms with E-state index < -0.39 is 0 Å². The van der Waals surface area contributed by atoms with Crippen molar-refractivity contribution in [3.8, 4) is 0 Å². The Morgan fingerprint density at radius 3 is 2.75 bits per heavy atom. The van der Waals surface area contributed by atoms with Crippen molar-refractivity contribution in [1.82, 2.24) is 5.32 Å². The van der Waals surface area contributed by atoms with Crippen LogP contribution in [-0.2, 0) is 6.42 Å². The number of nitrogens with one attached hydrogen (secondary N) is 1. The number of nitrogens with zero attached hydrogens (tertiary/aromatic N) is 1. The molecular formula is C12H18FN3. The van der Waals surface area contributed by atoms with Gasteiger partial charge in [-0.2, -0.15) is 0 Å². The number of piperazine rings is 1. The van der Waals surface area contributed by atoms with E-state index in [-0.39, 0.29) is 5.82 Å². The minimum absolute atomic E-state index is 0.132. The second-order valence-electron chi connectivity index (χ2n) is 4.02. The molecular weight excluding hydrogens is 205 g/mol. The first-order chi connectivity index (χ1) is 7.83. The lowest BCUT2D eigenvalue weighted by molar-refractivity contribution is 0.563. The first-order valence-corrected chi connectivity index (χ1v) is 5.76. The van der Waals surface area contributed by atoms with Gasteiger partial charge in [0.25, 0.3) is 0 Å². The monoisotopic (exact) mass is 223 g/mol. The first kappa shape index (κ1) is 11.4. The maximum absolute atomic E-state index is 13.9. The normalized spacial score (nSPS) is 16.5. The summed E-state index contributed by atoms with van der Waals surface area (Å²) in [6, 6.07) is 5.25. The Morgan fingerprint density at radius 1 is 1.31 bits per heavy atom. The van der Waals surface area contributed by atoms with Crippen molar-refractivity contribution in [2.45, 2.75) is 6.42 Å². The van der Waals surface area contributed by atoms with Gasteiger partial charge in [0, 0.05) is 26.2 Å². The predicted molar refractivity (Wildman–Crippen MR) is 64.2 cm³/mol. The van der Waals surface area contributed by atoms with Crippen LogP contribution in [0, 0.1) is 5.82 Å². The van der Waals surface area contributed by atoms with Crippen molar-refractivity contribution in [3.05, 3.63) is 29.6 Å². The molecule has 0 amide bonds. The highest BCUT2D eigenvalue weighted by Gasteiger charge is 2.17. The fourth-order valence-electron chi connectivity index (χ4n) is 2.16. The number of nitrogens with two attached hydrogens (primary N) is 1. The van der Waals surface area contributed by atoms with Crippen LogP contribution < -0.4 is 16.0 Å². The van der Waals surface area contributed by atoms with Gasteiger partial charge in [-0.1, -0.05) is 12.1 Å². The van der Waals surface area contributed by atoms with Crippen LogP contribution in [-0.4, -0.2) is 32.7 Å². The van der Waals surface area contributed by atoms with Crippen molar-refractivity contribution < 1.29 is 4.39 Å². The molecule has 0 unspecified atom stereocenters. The number of halogens is 1. The number of para-hydroxylation sites is 1. The summed E-state index contributed by atoms with van der Waals surface area (Å²) in [5.74, 6) is -0.132. The van der Waals surface area contributed by atoms with E-state index >= 15 is 0 Å². The van der Waals surface area contributed by atoms with Gasteiger partial charge in [0.1, 0.15) is 5.82 Å². The van der Waals surface area contributed by atoms with E-state index in [1.54, 1.807) is 6.07 Å². The van der Waals surface area contributed by atoms with E-state index in [2.05, 4.69) is 10.2 Å². The standard InChI is InChI=1S/C12H18FN3/c13-11-3-1-2-10(4-5-14)12(11)16-8-6-15-7-9-16/h1-3,15H,4-9,14H2. The number of hydrogen-bond acceptors (Lipinski definition) is 3. The molecule has 4 heteroatoms. The van der Waals surface area contributed by atoms with Gasteiger partial charge in [-0.25, -0.2) is 4.39 Å². The summed E-state index contributed by atoms with van der Waals surface area (Å²) in [5.41, 5.74) is 7.32. The van der Waals surface area contributed by atoms with Crippen LogP contribution in [0.1, 0.15) is 5.56 Å². The fraction of sp³-hybridized carbons (Fsp3) is 0.500. The van der Waals surface area contributed by atoms with E-state index in [0.29, 0.717) is 6.54 Å². The van der Waals surface area contributed by atoms with Crippen LogP contribution in [0.3, 0.4) is 0 Å². The Morgan fingerprint density at radius 2 is 2.06 bits per heavy atom. The lowest BCUT2D eigenvalue weighted by Crippen LogP contribution is -2.44. The van der Waals surface area contributed by atoms with E-state index in [1.807, 2.05) is 6.07 Å². The summed E-state index contributed by atoms with van der Waals surface area (Å²) in [4.78, 5) is 2.11. The molecule has 1 aliphatic rings. The molecule has 1 aromatic rings. The summed E-state index contributed by atoms with van der Waals surface area (Å²) in [7, 11) is 0. The maximum Gasteiger partial charge on any atom is 0.146 e. The minimum Gasteiger partial charge on any atom is -0.366 e. The molecule has 0 aromatic heterocycles. The van der Waals surface area contributed by atoms with Crippen LogP contribution in [0.2, 0.25) is 0 Å². The molecule has 88 valence electrons. The van der Waals surface area contributed by atoms with E-state index in [9.17, 15) is 4.39 Å². The number of rotatable bonds is 3. The largest absolute Gasteiger partial charge is 0.366 e. The first-order valence-electron chi connectivity index (χ1n) is 5.76. The molecule has 1 fully saturated rings. The Balaban J connectivity index is 2.28. The highest BCUT2D eigenvalue weighted by Crippen LogP contribution is 2.25. The molecule has 3 nitrogen and oxygen atoms in total. The van der Waals surface area contributed by atoms with Gasteiger partial charge in [-0.05, 0) is 24.6 Å². The Bertz CT molecular complexity index is 348. The van der Waals surface area contributed by atoms with Crippen molar-refractivity contribution in [2.75, 3.05) is 37.6 Å². The molecule has 0 radical (unpaired) electrons. The van der Waals surface area contributed by atoms with Crippen molar-refractivity contribution >= 4 is 5.69 Å². The molecule has 0 atom stereocenters. The molecule has 1 saturated heterocycles. The van der Waals surface area contributed by atoms with Gasteiger partial charge in [-0.3, -0.25) is 0 Å². The van der Waals surface area contributed by atoms with Gasteiger partial charge in [0.15, 0.2) is 0 Å². The number of hydrogen-bond donors (Lipinski definition) is 2. The molecule has 2 rings (SSSR count). The predicted octanol–water partition coefficient (Wildman–Crippen LogP) is 0.736.